The maximum atomic E-state index is 9.24. The lowest BCUT2D eigenvalue weighted by Crippen LogP contribution is -2.27. The molecule has 0 fully saturated rings. The van der Waals surface area contributed by atoms with Crippen molar-refractivity contribution in [2.24, 2.45) is 5.92 Å². The van der Waals surface area contributed by atoms with Crippen molar-refractivity contribution < 1.29 is 0 Å². The zero-order chi connectivity index (χ0) is 12.1. The zero-order valence-corrected chi connectivity index (χ0v) is 10.7. The van der Waals surface area contributed by atoms with E-state index >= 15 is 0 Å². The van der Waals surface area contributed by atoms with Gasteiger partial charge in [0.1, 0.15) is 6.04 Å². The molecule has 3 heteroatoms. The SMILES string of the molecule is CC(C)CN(C)C(C#N)c1ccccc1Cl. The van der Waals surface area contributed by atoms with Crippen molar-refractivity contribution in [1.29, 1.82) is 5.26 Å². The first kappa shape index (κ1) is 13.0. The molecule has 0 amide bonds. The third-order valence-electron chi connectivity index (χ3n) is 2.42. The van der Waals surface area contributed by atoms with Crippen molar-refractivity contribution in [2.75, 3.05) is 13.6 Å². The van der Waals surface area contributed by atoms with Crippen molar-refractivity contribution in [2.45, 2.75) is 19.9 Å². The molecule has 0 aliphatic carbocycles. The summed E-state index contributed by atoms with van der Waals surface area (Å²) >= 11 is 6.10. The normalized spacial score (nSPS) is 12.8. The molecule has 1 aromatic carbocycles. The van der Waals surface area contributed by atoms with Crippen molar-refractivity contribution in [1.82, 2.24) is 4.90 Å². The van der Waals surface area contributed by atoms with Crippen LogP contribution in [-0.4, -0.2) is 18.5 Å². The van der Waals surface area contributed by atoms with Gasteiger partial charge in [-0.15, -0.1) is 0 Å². The van der Waals surface area contributed by atoms with E-state index in [1.165, 1.54) is 0 Å². The first-order valence-electron chi connectivity index (χ1n) is 5.40. The Kier molecular flexibility index (Phi) is 4.79. The maximum absolute atomic E-state index is 9.24. The van der Waals surface area contributed by atoms with Crippen LogP contribution in [0.2, 0.25) is 5.02 Å². The van der Waals surface area contributed by atoms with E-state index in [1.54, 1.807) is 0 Å². The van der Waals surface area contributed by atoms with Crippen LogP contribution in [0.1, 0.15) is 25.5 Å². The van der Waals surface area contributed by atoms with Crippen LogP contribution in [0.3, 0.4) is 0 Å². The molecule has 0 radical (unpaired) electrons. The molecule has 1 rings (SSSR count). The van der Waals surface area contributed by atoms with Gasteiger partial charge in [0, 0.05) is 17.1 Å². The van der Waals surface area contributed by atoms with E-state index in [1.807, 2.05) is 36.2 Å². The van der Waals surface area contributed by atoms with E-state index in [9.17, 15) is 5.26 Å². The second-order valence-corrected chi connectivity index (χ2v) is 4.79. The Bertz CT molecular complexity index is 382. The van der Waals surface area contributed by atoms with E-state index in [0.717, 1.165) is 12.1 Å². The van der Waals surface area contributed by atoms with Gasteiger partial charge in [0.25, 0.3) is 0 Å². The molecule has 0 saturated heterocycles. The average molecular weight is 237 g/mol. The predicted octanol–water partition coefficient (Wildman–Crippen LogP) is 3.49. The molecule has 2 nitrogen and oxygen atoms in total. The maximum Gasteiger partial charge on any atom is 0.125 e. The molecule has 0 spiro atoms. The molecule has 1 aromatic rings. The minimum absolute atomic E-state index is 0.268. The first-order chi connectivity index (χ1) is 7.56. The minimum atomic E-state index is -0.268. The number of halogens is 1. The monoisotopic (exact) mass is 236 g/mol. The third kappa shape index (κ3) is 3.23. The molecule has 0 aliphatic rings. The highest BCUT2D eigenvalue weighted by Gasteiger charge is 2.19. The molecule has 0 N–H and O–H groups in total. The van der Waals surface area contributed by atoms with Gasteiger partial charge in [-0.1, -0.05) is 43.6 Å². The smallest absolute Gasteiger partial charge is 0.125 e. The lowest BCUT2D eigenvalue weighted by molar-refractivity contribution is 0.259. The summed E-state index contributed by atoms with van der Waals surface area (Å²) in [6.07, 6.45) is 0. The fraction of sp³-hybridized carbons (Fsp3) is 0.462. The van der Waals surface area contributed by atoms with Gasteiger partial charge in [0.05, 0.1) is 6.07 Å². The summed E-state index contributed by atoms with van der Waals surface area (Å²) in [7, 11) is 1.96. The van der Waals surface area contributed by atoms with E-state index in [0.29, 0.717) is 10.9 Å². The molecule has 1 atom stereocenters. The van der Waals surface area contributed by atoms with Crippen molar-refractivity contribution >= 4 is 11.6 Å². The Hall–Kier alpha value is -1.04. The van der Waals surface area contributed by atoms with E-state index in [2.05, 4.69) is 19.9 Å². The van der Waals surface area contributed by atoms with Crippen LogP contribution in [0.25, 0.3) is 0 Å². The number of rotatable bonds is 4. The molecule has 0 bridgehead atoms. The van der Waals surface area contributed by atoms with Gasteiger partial charge >= 0.3 is 0 Å². The lowest BCUT2D eigenvalue weighted by Gasteiger charge is -2.25. The molecular weight excluding hydrogens is 220 g/mol. The quantitative estimate of drug-likeness (QED) is 0.800. The molecule has 86 valence electrons. The molecule has 16 heavy (non-hydrogen) atoms. The van der Waals surface area contributed by atoms with Crippen LogP contribution < -0.4 is 0 Å². The van der Waals surface area contributed by atoms with Crippen molar-refractivity contribution in [3.63, 3.8) is 0 Å². The summed E-state index contributed by atoms with van der Waals surface area (Å²) in [6, 6.07) is 9.56. The second kappa shape index (κ2) is 5.89. The highest BCUT2D eigenvalue weighted by Crippen LogP contribution is 2.26. The van der Waals surface area contributed by atoms with Crippen LogP contribution in [0, 0.1) is 17.2 Å². The Morgan fingerprint density at radius 1 is 1.38 bits per heavy atom. The second-order valence-electron chi connectivity index (χ2n) is 4.39. The standard InChI is InChI=1S/C13H17ClN2/c1-10(2)9-16(3)13(8-15)11-6-4-5-7-12(11)14/h4-7,10,13H,9H2,1-3H3. The van der Waals surface area contributed by atoms with E-state index in [-0.39, 0.29) is 6.04 Å². The van der Waals surface area contributed by atoms with Crippen molar-refractivity contribution in [3.8, 4) is 6.07 Å². The zero-order valence-electron chi connectivity index (χ0n) is 9.94. The fourth-order valence-corrected chi connectivity index (χ4v) is 2.02. The summed E-state index contributed by atoms with van der Waals surface area (Å²) in [5.41, 5.74) is 0.884. The number of hydrogen-bond acceptors (Lipinski definition) is 2. The molecule has 0 aromatic heterocycles. The number of nitrogens with zero attached hydrogens (tertiary/aromatic N) is 2. The first-order valence-corrected chi connectivity index (χ1v) is 5.78. The largest absolute Gasteiger partial charge is 0.287 e. The van der Waals surface area contributed by atoms with E-state index < -0.39 is 0 Å². The molecule has 0 heterocycles. The molecule has 0 aliphatic heterocycles. The van der Waals surface area contributed by atoms with Gasteiger partial charge in [0.15, 0.2) is 0 Å². The van der Waals surface area contributed by atoms with Crippen LogP contribution in [0.15, 0.2) is 24.3 Å². The van der Waals surface area contributed by atoms with Crippen LogP contribution >= 0.6 is 11.6 Å². The summed E-state index contributed by atoms with van der Waals surface area (Å²) in [5, 5.41) is 9.89. The van der Waals surface area contributed by atoms with Gasteiger partial charge in [-0.05, 0) is 19.0 Å². The van der Waals surface area contributed by atoms with Gasteiger partial charge in [-0.25, -0.2) is 0 Å². The van der Waals surface area contributed by atoms with Crippen LogP contribution in [0.5, 0.6) is 0 Å². The number of hydrogen-bond donors (Lipinski definition) is 0. The molecule has 1 unspecified atom stereocenters. The number of nitriles is 1. The highest BCUT2D eigenvalue weighted by molar-refractivity contribution is 6.31. The molecular formula is C13H17ClN2. The predicted molar refractivity (Wildman–Crippen MR) is 67.3 cm³/mol. The van der Waals surface area contributed by atoms with Gasteiger partial charge < -0.3 is 0 Å². The number of benzene rings is 1. The Labute approximate surface area is 102 Å². The fourth-order valence-electron chi connectivity index (χ4n) is 1.78. The van der Waals surface area contributed by atoms with Crippen LogP contribution in [-0.2, 0) is 0 Å². The Morgan fingerprint density at radius 3 is 2.50 bits per heavy atom. The highest BCUT2D eigenvalue weighted by atomic mass is 35.5. The van der Waals surface area contributed by atoms with Gasteiger partial charge in [0.2, 0.25) is 0 Å². The Balaban J connectivity index is 2.91. The summed E-state index contributed by atoms with van der Waals surface area (Å²) < 4.78 is 0. The summed E-state index contributed by atoms with van der Waals surface area (Å²) in [6.45, 7) is 5.15. The average Bonchev–Trinajstić information content (AvgIpc) is 2.20. The summed E-state index contributed by atoms with van der Waals surface area (Å²) in [4.78, 5) is 2.03. The lowest BCUT2D eigenvalue weighted by atomic mass is 10.1. The van der Waals surface area contributed by atoms with Crippen molar-refractivity contribution in [3.05, 3.63) is 34.9 Å². The van der Waals surface area contributed by atoms with Gasteiger partial charge in [-0.3, -0.25) is 4.90 Å². The van der Waals surface area contributed by atoms with Gasteiger partial charge in [-0.2, -0.15) is 5.26 Å². The minimum Gasteiger partial charge on any atom is -0.287 e. The summed E-state index contributed by atoms with van der Waals surface area (Å²) in [5.74, 6) is 0.531. The Morgan fingerprint density at radius 2 is 2.00 bits per heavy atom. The topological polar surface area (TPSA) is 27.0 Å². The van der Waals surface area contributed by atoms with E-state index in [4.69, 9.17) is 11.6 Å². The molecule has 0 saturated carbocycles. The third-order valence-corrected chi connectivity index (χ3v) is 2.76. The van der Waals surface area contributed by atoms with Crippen LogP contribution in [0.4, 0.5) is 0 Å².